The van der Waals surface area contributed by atoms with Crippen molar-refractivity contribution >= 4 is 5.97 Å². The Bertz CT molecular complexity index is 295. The molecule has 0 aliphatic carbocycles. The summed E-state index contributed by atoms with van der Waals surface area (Å²) in [5, 5.41) is 17.5. The molecule has 2 N–H and O–H groups in total. The molecule has 0 saturated carbocycles. The molecule has 1 aromatic rings. The SMILES string of the molecule is CCn1ccnc1C[C@@H](O)C(=O)O. The maximum Gasteiger partial charge on any atom is 0.332 e. The molecule has 13 heavy (non-hydrogen) atoms. The number of imidazole rings is 1. The third-order valence-corrected chi connectivity index (χ3v) is 1.80. The smallest absolute Gasteiger partial charge is 0.332 e. The van der Waals surface area contributed by atoms with Gasteiger partial charge in [-0.3, -0.25) is 0 Å². The van der Waals surface area contributed by atoms with Gasteiger partial charge in [0.2, 0.25) is 0 Å². The summed E-state index contributed by atoms with van der Waals surface area (Å²) >= 11 is 0. The number of nitrogens with zero attached hydrogens (tertiary/aromatic N) is 2. The van der Waals surface area contributed by atoms with Gasteiger partial charge in [0.05, 0.1) is 0 Å². The minimum absolute atomic E-state index is 0.0518. The van der Waals surface area contributed by atoms with Crippen molar-refractivity contribution < 1.29 is 15.0 Å². The molecule has 0 saturated heterocycles. The van der Waals surface area contributed by atoms with Crippen LogP contribution in [0, 0.1) is 0 Å². The zero-order chi connectivity index (χ0) is 9.84. The van der Waals surface area contributed by atoms with Gasteiger partial charge >= 0.3 is 5.97 Å². The van der Waals surface area contributed by atoms with Gasteiger partial charge in [-0.05, 0) is 6.92 Å². The van der Waals surface area contributed by atoms with Gasteiger partial charge in [-0.25, -0.2) is 9.78 Å². The topological polar surface area (TPSA) is 75.3 Å². The molecule has 0 radical (unpaired) electrons. The summed E-state index contributed by atoms with van der Waals surface area (Å²) in [7, 11) is 0. The molecule has 0 amide bonds. The van der Waals surface area contributed by atoms with Crippen molar-refractivity contribution in [2.45, 2.75) is 26.0 Å². The maximum absolute atomic E-state index is 10.3. The molecule has 0 aliphatic rings. The van der Waals surface area contributed by atoms with Crippen LogP contribution < -0.4 is 0 Å². The Hall–Kier alpha value is -1.36. The highest BCUT2D eigenvalue weighted by Gasteiger charge is 2.16. The van der Waals surface area contributed by atoms with E-state index < -0.39 is 12.1 Å². The monoisotopic (exact) mass is 184 g/mol. The first-order valence-electron chi connectivity index (χ1n) is 4.06. The molecule has 1 atom stereocenters. The van der Waals surface area contributed by atoms with Gasteiger partial charge in [0.1, 0.15) is 5.82 Å². The molecule has 1 rings (SSSR count). The minimum Gasteiger partial charge on any atom is -0.479 e. The molecule has 0 aromatic carbocycles. The number of aromatic nitrogens is 2. The van der Waals surface area contributed by atoms with Gasteiger partial charge in [-0.2, -0.15) is 0 Å². The van der Waals surface area contributed by atoms with E-state index in [4.69, 9.17) is 10.2 Å². The van der Waals surface area contributed by atoms with Crippen molar-refractivity contribution in [2.24, 2.45) is 0 Å². The van der Waals surface area contributed by atoms with E-state index >= 15 is 0 Å². The van der Waals surface area contributed by atoms with Gasteiger partial charge in [0.25, 0.3) is 0 Å². The summed E-state index contributed by atoms with van der Waals surface area (Å²) in [5.41, 5.74) is 0. The fourth-order valence-corrected chi connectivity index (χ4v) is 1.08. The van der Waals surface area contributed by atoms with E-state index in [0.29, 0.717) is 5.82 Å². The van der Waals surface area contributed by atoms with Crippen LogP contribution in [0.3, 0.4) is 0 Å². The highest BCUT2D eigenvalue weighted by Crippen LogP contribution is 2.01. The lowest BCUT2D eigenvalue weighted by molar-refractivity contribution is -0.146. The second kappa shape index (κ2) is 4.04. The Balaban J connectivity index is 2.68. The predicted molar refractivity (Wildman–Crippen MR) is 45.2 cm³/mol. The lowest BCUT2D eigenvalue weighted by atomic mass is 10.2. The molecule has 0 aliphatic heterocycles. The predicted octanol–water partition coefficient (Wildman–Crippen LogP) is -0.109. The van der Waals surface area contributed by atoms with Crippen LogP contribution in [-0.2, 0) is 17.8 Å². The highest BCUT2D eigenvalue weighted by atomic mass is 16.4. The van der Waals surface area contributed by atoms with E-state index in [2.05, 4.69) is 4.98 Å². The summed E-state index contributed by atoms with van der Waals surface area (Å²) in [6.07, 6.45) is 2.03. The number of carbonyl (C=O) groups is 1. The van der Waals surface area contributed by atoms with E-state index in [9.17, 15) is 4.79 Å². The Morgan fingerprint density at radius 1 is 1.77 bits per heavy atom. The molecule has 0 unspecified atom stereocenters. The zero-order valence-corrected chi connectivity index (χ0v) is 7.34. The molecule has 0 spiro atoms. The van der Waals surface area contributed by atoms with E-state index in [1.807, 2.05) is 6.92 Å². The first kappa shape index (κ1) is 9.73. The fraction of sp³-hybridized carbons (Fsp3) is 0.500. The molecule has 1 aromatic heterocycles. The van der Waals surface area contributed by atoms with Crippen molar-refractivity contribution in [3.05, 3.63) is 18.2 Å². The van der Waals surface area contributed by atoms with Crippen LogP contribution in [0.5, 0.6) is 0 Å². The van der Waals surface area contributed by atoms with E-state index in [0.717, 1.165) is 6.54 Å². The number of hydrogen-bond acceptors (Lipinski definition) is 3. The molecule has 72 valence electrons. The number of aliphatic hydroxyl groups excluding tert-OH is 1. The van der Waals surface area contributed by atoms with Crippen molar-refractivity contribution in [3.8, 4) is 0 Å². The maximum atomic E-state index is 10.3. The van der Waals surface area contributed by atoms with Crippen LogP contribution in [0.4, 0.5) is 0 Å². The van der Waals surface area contributed by atoms with Crippen LogP contribution >= 0.6 is 0 Å². The number of aliphatic hydroxyl groups is 1. The first-order chi connectivity index (χ1) is 6.15. The largest absolute Gasteiger partial charge is 0.479 e. The quantitative estimate of drug-likeness (QED) is 0.684. The number of carboxylic acids is 1. The average molecular weight is 184 g/mol. The third-order valence-electron chi connectivity index (χ3n) is 1.80. The average Bonchev–Trinajstić information content (AvgIpc) is 2.51. The van der Waals surface area contributed by atoms with Crippen molar-refractivity contribution in [2.75, 3.05) is 0 Å². The number of aliphatic carboxylic acids is 1. The number of carboxylic acid groups (broad SMARTS) is 1. The van der Waals surface area contributed by atoms with Crippen molar-refractivity contribution in [3.63, 3.8) is 0 Å². The molecule has 5 heteroatoms. The third kappa shape index (κ3) is 2.29. The molecular weight excluding hydrogens is 172 g/mol. The Labute approximate surface area is 75.6 Å². The molecule has 5 nitrogen and oxygen atoms in total. The summed E-state index contributed by atoms with van der Waals surface area (Å²) in [4.78, 5) is 14.3. The minimum atomic E-state index is -1.37. The molecule has 1 heterocycles. The van der Waals surface area contributed by atoms with E-state index in [-0.39, 0.29) is 6.42 Å². The number of aryl methyl sites for hydroxylation is 1. The first-order valence-corrected chi connectivity index (χ1v) is 4.06. The standard InChI is InChI=1S/C8H12N2O3/c1-2-10-4-3-9-7(10)5-6(11)8(12)13/h3-4,6,11H,2,5H2,1H3,(H,12,13)/t6-/m1/s1. The van der Waals surface area contributed by atoms with Crippen LogP contribution in [-0.4, -0.2) is 31.8 Å². The Morgan fingerprint density at radius 3 is 3.00 bits per heavy atom. The normalized spacial score (nSPS) is 12.8. The molecule has 0 fully saturated rings. The summed E-state index contributed by atoms with van der Waals surface area (Å²) < 4.78 is 1.80. The Morgan fingerprint density at radius 2 is 2.46 bits per heavy atom. The van der Waals surface area contributed by atoms with Crippen LogP contribution in [0.25, 0.3) is 0 Å². The second-order valence-corrected chi connectivity index (χ2v) is 2.69. The highest BCUT2D eigenvalue weighted by molar-refractivity contribution is 5.72. The van der Waals surface area contributed by atoms with Crippen molar-refractivity contribution in [1.29, 1.82) is 0 Å². The summed E-state index contributed by atoms with van der Waals surface area (Å²) in [6, 6.07) is 0. The Kier molecular flexibility index (Phi) is 3.02. The van der Waals surface area contributed by atoms with E-state index in [1.54, 1.807) is 17.0 Å². The lowest BCUT2D eigenvalue weighted by Crippen LogP contribution is -2.23. The number of hydrogen-bond donors (Lipinski definition) is 2. The molecule has 0 bridgehead atoms. The van der Waals surface area contributed by atoms with Gasteiger partial charge < -0.3 is 14.8 Å². The van der Waals surface area contributed by atoms with E-state index in [1.165, 1.54) is 0 Å². The zero-order valence-electron chi connectivity index (χ0n) is 7.34. The van der Waals surface area contributed by atoms with Gasteiger partial charge in [0.15, 0.2) is 6.10 Å². The second-order valence-electron chi connectivity index (χ2n) is 2.69. The van der Waals surface area contributed by atoms with Gasteiger partial charge in [0, 0.05) is 25.4 Å². The summed E-state index contributed by atoms with van der Waals surface area (Å²) in [5.74, 6) is -0.622. The van der Waals surface area contributed by atoms with Crippen LogP contribution in [0.1, 0.15) is 12.7 Å². The van der Waals surface area contributed by atoms with Crippen molar-refractivity contribution in [1.82, 2.24) is 9.55 Å². The van der Waals surface area contributed by atoms with Gasteiger partial charge in [-0.15, -0.1) is 0 Å². The lowest BCUT2D eigenvalue weighted by Gasteiger charge is -2.06. The molecular formula is C8H12N2O3. The summed E-state index contributed by atoms with van der Waals surface area (Å²) in [6.45, 7) is 2.65. The van der Waals surface area contributed by atoms with Crippen LogP contribution in [0.15, 0.2) is 12.4 Å². The number of rotatable bonds is 4. The van der Waals surface area contributed by atoms with Crippen LogP contribution in [0.2, 0.25) is 0 Å². The fourth-order valence-electron chi connectivity index (χ4n) is 1.08. The van der Waals surface area contributed by atoms with Gasteiger partial charge in [-0.1, -0.05) is 0 Å².